The summed E-state index contributed by atoms with van der Waals surface area (Å²) in [4.78, 5) is 12.7. The number of nitrogens with zero attached hydrogens (tertiary/aromatic N) is 1. The van der Waals surface area contributed by atoms with Crippen LogP contribution in [0.15, 0.2) is 59.5 Å². The molecule has 2 aromatic rings. The van der Waals surface area contributed by atoms with Gasteiger partial charge in [0.15, 0.2) is 0 Å². The maximum atomic E-state index is 12.9. The normalized spacial score (nSPS) is 17.5. The minimum atomic E-state index is -3.71. The van der Waals surface area contributed by atoms with Gasteiger partial charge in [0.2, 0.25) is 15.9 Å². The molecule has 1 saturated heterocycles. The van der Waals surface area contributed by atoms with E-state index in [0.29, 0.717) is 31.0 Å². The Morgan fingerprint density at radius 3 is 2.57 bits per heavy atom. The zero-order valence-electron chi connectivity index (χ0n) is 15.4. The van der Waals surface area contributed by atoms with Crippen molar-refractivity contribution in [1.82, 2.24) is 9.62 Å². The highest BCUT2D eigenvalue weighted by Crippen LogP contribution is 2.27. The molecule has 1 atom stereocenters. The van der Waals surface area contributed by atoms with E-state index < -0.39 is 16.1 Å². The van der Waals surface area contributed by atoms with Gasteiger partial charge < -0.3 is 5.32 Å². The SMILES string of the molecule is O=C(NCCSCc1ccccc1)[C@H]1CCCN1S(=O)(=O)c1ccc(Cl)cc1. The predicted octanol–water partition coefficient (Wildman–Crippen LogP) is 3.54. The molecule has 1 aliphatic rings. The summed E-state index contributed by atoms with van der Waals surface area (Å²) in [5, 5.41) is 3.36. The largest absolute Gasteiger partial charge is 0.354 e. The molecule has 0 spiro atoms. The van der Waals surface area contributed by atoms with Gasteiger partial charge in [-0.1, -0.05) is 41.9 Å². The second-order valence-electron chi connectivity index (χ2n) is 6.56. The number of carbonyl (C=O) groups excluding carboxylic acids is 1. The van der Waals surface area contributed by atoms with E-state index in [9.17, 15) is 13.2 Å². The smallest absolute Gasteiger partial charge is 0.243 e. The highest BCUT2D eigenvalue weighted by Gasteiger charge is 2.39. The van der Waals surface area contributed by atoms with Crippen molar-refractivity contribution in [2.75, 3.05) is 18.8 Å². The molecular weight excluding hydrogens is 416 g/mol. The number of hydrogen-bond acceptors (Lipinski definition) is 4. The lowest BCUT2D eigenvalue weighted by atomic mass is 10.2. The standard InChI is InChI=1S/C20H23ClN2O3S2/c21-17-8-10-18(11-9-17)28(25,26)23-13-4-7-19(23)20(24)22-12-14-27-15-16-5-2-1-3-6-16/h1-3,5-6,8-11,19H,4,7,12-15H2,(H,22,24)/t19-/m1/s1. The van der Waals surface area contributed by atoms with Crippen molar-refractivity contribution < 1.29 is 13.2 Å². The van der Waals surface area contributed by atoms with E-state index in [-0.39, 0.29) is 10.8 Å². The quantitative estimate of drug-likeness (QED) is 0.640. The van der Waals surface area contributed by atoms with Gasteiger partial charge in [0.05, 0.1) is 4.90 Å². The Morgan fingerprint density at radius 2 is 1.86 bits per heavy atom. The molecule has 0 radical (unpaired) electrons. The van der Waals surface area contributed by atoms with Gasteiger partial charge in [-0.25, -0.2) is 8.42 Å². The third-order valence-electron chi connectivity index (χ3n) is 4.58. The molecule has 5 nitrogen and oxygen atoms in total. The highest BCUT2D eigenvalue weighted by atomic mass is 35.5. The third kappa shape index (κ3) is 5.29. The van der Waals surface area contributed by atoms with Crippen molar-refractivity contribution in [3.8, 4) is 0 Å². The van der Waals surface area contributed by atoms with Gasteiger partial charge in [0.25, 0.3) is 0 Å². The van der Waals surface area contributed by atoms with Crippen LogP contribution in [0.1, 0.15) is 18.4 Å². The Kier molecular flexibility index (Phi) is 7.40. The zero-order valence-corrected chi connectivity index (χ0v) is 17.8. The van der Waals surface area contributed by atoms with E-state index in [1.54, 1.807) is 23.9 Å². The van der Waals surface area contributed by atoms with Gasteiger partial charge in [0.1, 0.15) is 6.04 Å². The second kappa shape index (κ2) is 9.78. The van der Waals surface area contributed by atoms with Crippen molar-refractivity contribution in [3.63, 3.8) is 0 Å². The molecule has 1 heterocycles. The molecule has 150 valence electrons. The van der Waals surface area contributed by atoms with Crippen molar-refractivity contribution in [2.45, 2.75) is 29.5 Å². The van der Waals surface area contributed by atoms with Crippen LogP contribution in [0.25, 0.3) is 0 Å². The summed E-state index contributed by atoms with van der Waals surface area (Å²) in [6, 6.07) is 15.5. The Morgan fingerprint density at radius 1 is 1.14 bits per heavy atom. The lowest BCUT2D eigenvalue weighted by molar-refractivity contribution is -0.124. The minimum absolute atomic E-state index is 0.162. The third-order valence-corrected chi connectivity index (χ3v) is 7.79. The van der Waals surface area contributed by atoms with E-state index in [2.05, 4.69) is 17.4 Å². The molecule has 1 aliphatic heterocycles. The van der Waals surface area contributed by atoms with Crippen LogP contribution in [0.2, 0.25) is 5.02 Å². The molecule has 1 N–H and O–H groups in total. The summed E-state index contributed by atoms with van der Waals surface area (Å²) in [6.07, 6.45) is 1.21. The van der Waals surface area contributed by atoms with E-state index in [1.807, 2.05) is 18.2 Å². The molecule has 8 heteroatoms. The number of sulfonamides is 1. The lowest BCUT2D eigenvalue weighted by Gasteiger charge is -2.23. The average molecular weight is 439 g/mol. The molecule has 3 rings (SSSR count). The van der Waals surface area contributed by atoms with E-state index >= 15 is 0 Å². The highest BCUT2D eigenvalue weighted by molar-refractivity contribution is 7.98. The summed E-state index contributed by atoms with van der Waals surface area (Å²) < 4.78 is 27.1. The molecule has 1 amide bonds. The first-order valence-corrected chi connectivity index (χ1v) is 12.1. The Balaban J connectivity index is 1.52. The van der Waals surface area contributed by atoms with Gasteiger partial charge in [-0.15, -0.1) is 0 Å². The maximum absolute atomic E-state index is 12.9. The number of thioether (sulfide) groups is 1. The van der Waals surface area contributed by atoms with Crippen molar-refractivity contribution in [3.05, 3.63) is 65.2 Å². The first-order valence-electron chi connectivity index (χ1n) is 9.15. The maximum Gasteiger partial charge on any atom is 0.243 e. The summed E-state index contributed by atoms with van der Waals surface area (Å²) in [6.45, 7) is 0.869. The van der Waals surface area contributed by atoms with Gasteiger partial charge in [-0.2, -0.15) is 16.1 Å². The second-order valence-corrected chi connectivity index (χ2v) is 9.99. The van der Waals surface area contributed by atoms with E-state index in [4.69, 9.17) is 11.6 Å². The number of halogens is 1. The van der Waals surface area contributed by atoms with Crippen LogP contribution in [0.3, 0.4) is 0 Å². The number of nitrogens with one attached hydrogen (secondary N) is 1. The molecule has 1 fully saturated rings. The summed E-state index contributed by atoms with van der Waals surface area (Å²) >= 11 is 7.58. The fourth-order valence-electron chi connectivity index (χ4n) is 3.16. The fourth-order valence-corrected chi connectivity index (χ4v) is 5.76. The van der Waals surface area contributed by atoms with Crippen LogP contribution in [-0.4, -0.2) is 43.5 Å². The number of hydrogen-bond donors (Lipinski definition) is 1. The van der Waals surface area contributed by atoms with Crippen LogP contribution < -0.4 is 5.32 Å². The number of amides is 1. The number of rotatable bonds is 8. The Labute approximate surface area is 175 Å². The molecule has 0 bridgehead atoms. The van der Waals surface area contributed by atoms with Crippen molar-refractivity contribution in [1.29, 1.82) is 0 Å². The molecule has 28 heavy (non-hydrogen) atoms. The minimum Gasteiger partial charge on any atom is -0.354 e. The molecule has 0 aromatic heterocycles. The Bertz CT molecular complexity index is 889. The predicted molar refractivity (Wildman–Crippen MR) is 114 cm³/mol. The van der Waals surface area contributed by atoms with Gasteiger partial charge in [0, 0.05) is 29.6 Å². The van der Waals surface area contributed by atoms with Crippen LogP contribution in [-0.2, 0) is 20.6 Å². The molecule has 0 aliphatic carbocycles. The summed E-state index contributed by atoms with van der Waals surface area (Å²) in [5.74, 6) is 1.43. The molecular formula is C20H23ClN2O3S2. The Hall–Kier alpha value is -1.54. The van der Waals surface area contributed by atoms with Crippen LogP contribution in [0.4, 0.5) is 0 Å². The fraction of sp³-hybridized carbons (Fsp3) is 0.350. The van der Waals surface area contributed by atoms with E-state index in [0.717, 1.165) is 11.5 Å². The van der Waals surface area contributed by atoms with E-state index in [1.165, 1.54) is 22.0 Å². The van der Waals surface area contributed by atoms with Crippen molar-refractivity contribution in [2.24, 2.45) is 0 Å². The summed E-state index contributed by atoms with van der Waals surface area (Å²) in [7, 11) is -3.71. The van der Waals surface area contributed by atoms with Crippen molar-refractivity contribution >= 4 is 39.3 Å². The lowest BCUT2D eigenvalue weighted by Crippen LogP contribution is -2.46. The van der Waals surface area contributed by atoms with Crippen LogP contribution in [0.5, 0.6) is 0 Å². The first-order chi connectivity index (χ1) is 13.5. The van der Waals surface area contributed by atoms with Crippen LogP contribution in [0, 0.1) is 0 Å². The molecule has 0 unspecified atom stereocenters. The zero-order chi connectivity index (χ0) is 20.0. The number of benzene rings is 2. The molecule has 0 saturated carbocycles. The number of carbonyl (C=O) groups is 1. The summed E-state index contributed by atoms with van der Waals surface area (Å²) in [5.41, 5.74) is 1.25. The van der Waals surface area contributed by atoms with Gasteiger partial charge in [-0.05, 0) is 42.7 Å². The monoisotopic (exact) mass is 438 g/mol. The van der Waals surface area contributed by atoms with Gasteiger partial charge in [-0.3, -0.25) is 4.79 Å². The van der Waals surface area contributed by atoms with Gasteiger partial charge >= 0.3 is 0 Å². The topological polar surface area (TPSA) is 66.5 Å². The average Bonchev–Trinajstić information content (AvgIpc) is 3.20. The first kappa shape index (κ1) is 21.2. The van der Waals surface area contributed by atoms with Crippen LogP contribution >= 0.6 is 23.4 Å². The molecule has 2 aromatic carbocycles.